The van der Waals surface area contributed by atoms with Gasteiger partial charge in [-0.15, -0.1) is 0 Å². The summed E-state index contributed by atoms with van der Waals surface area (Å²) in [6.07, 6.45) is 1.63. The Morgan fingerprint density at radius 2 is 1.93 bits per heavy atom. The molecule has 1 N–H and O–H groups in total. The lowest BCUT2D eigenvalue weighted by Gasteiger charge is -2.00. The highest BCUT2D eigenvalue weighted by atomic mass is 16.3. The van der Waals surface area contributed by atoms with E-state index < -0.39 is 0 Å². The molecule has 0 bridgehead atoms. The van der Waals surface area contributed by atoms with Crippen molar-refractivity contribution in [1.29, 1.82) is 0 Å². The van der Waals surface area contributed by atoms with Crippen LogP contribution < -0.4 is 5.32 Å². The number of carbonyl (C=O) groups excluding carboxylic acids is 1. The monoisotopic (exact) mass is 201 g/mol. The molecule has 0 spiro atoms. The number of hydrogen-bond donors (Lipinski definition) is 1. The number of furan rings is 1. The van der Waals surface area contributed by atoms with E-state index in [9.17, 15) is 4.79 Å². The first-order chi connectivity index (χ1) is 7.31. The molecule has 1 aromatic heterocycles. The van der Waals surface area contributed by atoms with Gasteiger partial charge in [0.05, 0.1) is 6.26 Å². The Kier molecular flexibility index (Phi) is 2.54. The summed E-state index contributed by atoms with van der Waals surface area (Å²) in [7, 11) is 1.61. The average molecular weight is 201 g/mol. The molecule has 2 aromatic rings. The summed E-state index contributed by atoms with van der Waals surface area (Å²) < 4.78 is 5.25. The molecule has 0 saturated carbocycles. The van der Waals surface area contributed by atoms with Crippen molar-refractivity contribution in [3.05, 3.63) is 48.2 Å². The Hall–Kier alpha value is -2.03. The zero-order valence-electron chi connectivity index (χ0n) is 8.36. The van der Waals surface area contributed by atoms with Gasteiger partial charge in [-0.3, -0.25) is 4.79 Å². The number of benzene rings is 1. The van der Waals surface area contributed by atoms with Crippen LogP contribution in [0.15, 0.2) is 47.1 Å². The lowest BCUT2D eigenvalue weighted by molar-refractivity contribution is 0.0963. The van der Waals surface area contributed by atoms with Gasteiger partial charge in [0.25, 0.3) is 5.91 Å². The number of nitrogens with one attached hydrogen (secondary N) is 1. The van der Waals surface area contributed by atoms with Gasteiger partial charge < -0.3 is 9.73 Å². The fraction of sp³-hybridized carbons (Fsp3) is 0.0833. The first-order valence-corrected chi connectivity index (χ1v) is 4.67. The second-order valence-electron chi connectivity index (χ2n) is 3.13. The second kappa shape index (κ2) is 4.00. The van der Waals surface area contributed by atoms with Crippen LogP contribution in [0, 0.1) is 0 Å². The number of rotatable bonds is 2. The number of hydrogen-bond acceptors (Lipinski definition) is 2. The third kappa shape index (κ3) is 1.91. The first kappa shape index (κ1) is 9.52. The second-order valence-corrected chi connectivity index (χ2v) is 3.13. The SMILES string of the molecule is CNC(=O)c1ccc(-c2ccco2)cc1. The van der Waals surface area contributed by atoms with Crippen molar-refractivity contribution >= 4 is 5.91 Å². The van der Waals surface area contributed by atoms with Crippen LogP contribution in [0.25, 0.3) is 11.3 Å². The van der Waals surface area contributed by atoms with E-state index >= 15 is 0 Å². The van der Waals surface area contributed by atoms with Crippen LogP contribution in [-0.2, 0) is 0 Å². The average Bonchev–Trinajstić information content (AvgIpc) is 2.82. The van der Waals surface area contributed by atoms with Crippen molar-refractivity contribution in [2.24, 2.45) is 0 Å². The van der Waals surface area contributed by atoms with E-state index in [4.69, 9.17) is 4.42 Å². The van der Waals surface area contributed by atoms with Crippen molar-refractivity contribution in [3.8, 4) is 11.3 Å². The van der Waals surface area contributed by atoms with Crippen LogP contribution in [0.5, 0.6) is 0 Å². The lowest BCUT2D eigenvalue weighted by Crippen LogP contribution is -2.17. The van der Waals surface area contributed by atoms with Gasteiger partial charge in [0.2, 0.25) is 0 Å². The van der Waals surface area contributed by atoms with Crippen molar-refractivity contribution in [2.75, 3.05) is 7.05 Å². The Balaban J connectivity index is 2.29. The zero-order valence-corrected chi connectivity index (χ0v) is 8.36. The highest BCUT2D eigenvalue weighted by Gasteiger charge is 2.04. The van der Waals surface area contributed by atoms with Gasteiger partial charge >= 0.3 is 0 Å². The summed E-state index contributed by atoms with van der Waals surface area (Å²) in [6, 6.07) is 11.0. The Bertz CT molecular complexity index is 443. The standard InChI is InChI=1S/C12H11NO2/c1-13-12(14)10-6-4-9(5-7-10)11-3-2-8-15-11/h2-8H,1H3,(H,13,14). The van der Waals surface area contributed by atoms with Gasteiger partial charge in [0, 0.05) is 18.2 Å². The molecule has 0 fully saturated rings. The maximum absolute atomic E-state index is 11.3. The molecular weight excluding hydrogens is 190 g/mol. The van der Waals surface area contributed by atoms with Gasteiger partial charge in [-0.2, -0.15) is 0 Å². The highest BCUT2D eigenvalue weighted by Crippen LogP contribution is 2.19. The van der Waals surface area contributed by atoms with E-state index in [-0.39, 0.29) is 5.91 Å². The van der Waals surface area contributed by atoms with Crippen LogP contribution in [0.3, 0.4) is 0 Å². The van der Waals surface area contributed by atoms with Gasteiger partial charge in [0.15, 0.2) is 0 Å². The molecule has 0 unspecified atom stereocenters. The van der Waals surface area contributed by atoms with Crippen LogP contribution in [0.2, 0.25) is 0 Å². The van der Waals surface area contributed by atoms with Gasteiger partial charge in [-0.25, -0.2) is 0 Å². The lowest BCUT2D eigenvalue weighted by atomic mass is 10.1. The first-order valence-electron chi connectivity index (χ1n) is 4.67. The summed E-state index contributed by atoms with van der Waals surface area (Å²) >= 11 is 0. The smallest absolute Gasteiger partial charge is 0.251 e. The minimum Gasteiger partial charge on any atom is -0.464 e. The van der Waals surface area contributed by atoms with E-state index in [1.165, 1.54) is 0 Å². The molecule has 0 aliphatic rings. The molecule has 0 saturated heterocycles. The molecule has 1 heterocycles. The van der Waals surface area contributed by atoms with Crippen molar-refractivity contribution < 1.29 is 9.21 Å². The fourth-order valence-electron chi connectivity index (χ4n) is 1.37. The topological polar surface area (TPSA) is 42.2 Å². The Morgan fingerprint density at radius 1 is 1.20 bits per heavy atom. The Morgan fingerprint density at radius 3 is 2.47 bits per heavy atom. The molecule has 0 aliphatic carbocycles. The van der Waals surface area contributed by atoms with E-state index in [0.717, 1.165) is 11.3 Å². The van der Waals surface area contributed by atoms with Crippen molar-refractivity contribution in [1.82, 2.24) is 5.32 Å². The molecular formula is C12H11NO2. The summed E-state index contributed by atoms with van der Waals surface area (Å²) in [5.74, 6) is 0.722. The predicted octanol–water partition coefficient (Wildman–Crippen LogP) is 2.31. The third-order valence-corrected chi connectivity index (χ3v) is 2.18. The van der Waals surface area contributed by atoms with E-state index in [0.29, 0.717) is 5.56 Å². The molecule has 76 valence electrons. The fourth-order valence-corrected chi connectivity index (χ4v) is 1.37. The summed E-state index contributed by atoms with van der Waals surface area (Å²) in [4.78, 5) is 11.3. The molecule has 3 nitrogen and oxygen atoms in total. The van der Waals surface area contributed by atoms with Crippen LogP contribution >= 0.6 is 0 Å². The van der Waals surface area contributed by atoms with Gasteiger partial charge in [0.1, 0.15) is 5.76 Å². The molecule has 3 heteroatoms. The maximum atomic E-state index is 11.3. The van der Waals surface area contributed by atoms with Crippen molar-refractivity contribution in [2.45, 2.75) is 0 Å². The highest BCUT2D eigenvalue weighted by molar-refractivity contribution is 5.94. The summed E-state index contributed by atoms with van der Waals surface area (Å²) in [6.45, 7) is 0. The van der Waals surface area contributed by atoms with Gasteiger partial charge in [-0.05, 0) is 24.3 Å². The molecule has 2 rings (SSSR count). The summed E-state index contributed by atoms with van der Waals surface area (Å²) in [5.41, 5.74) is 1.61. The number of amides is 1. The van der Waals surface area contributed by atoms with Crippen LogP contribution in [0.4, 0.5) is 0 Å². The normalized spacial score (nSPS) is 9.93. The molecule has 0 aliphatic heterocycles. The summed E-state index contributed by atoms with van der Waals surface area (Å²) in [5, 5.41) is 2.57. The van der Waals surface area contributed by atoms with Crippen LogP contribution in [-0.4, -0.2) is 13.0 Å². The molecule has 0 atom stereocenters. The third-order valence-electron chi connectivity index (χ3n) is 2.18. The molecule has 1 aromatic carbocycles. The Labute approximate surface area is 87.7 Å². The predicted molar refractivity (Wildman–Crippen MR) is 57.5 cm³/mol. The van der Waals surface area contributed by atoms with E-state index in [1.807, 2.05) is 24.3 Å². The zero-order chi connectivity index (χ0) is 10.7. The quantitative estimate of drug-likeness (QED) is 0.810. The van der Waals surface area contributed by atoms with E-state index in [2.05, 4.69) is 5.32 Å². The number of carbonyl (C=O) groups is 1. The minimum atomic E-state index is -0.0824. The largest absolute Gasteiger partial charge is 0.464 e. The minimum absolute atomic E-state index is 0.0824. The molecule has 15 heavy (non-hydrogen) atoms. The van der Waals surface area contributed by atoms with Gasteiger partial charge in [-0.1, -0.05) is 12.1 Å². The molecule has 1 amide bonds. The van der Waals surface area contributed by atoms with Crippen molar-refractivity contribution in [3.63, 3.8) is 0 Å². The molecule has 0 radical (unpaired) electrons. The maximum Gasteiger partial charge on any atom is 0.251 e. The van der Waals surface area contributed by atoms with E-state index in [1.54, 1.807) is 25.4 Å². The van der Waals surface area contributed by atoms with Crippen LogP contribution in [0.1, 0.15) is 10.4 Å².